The molecular weight excluding hydrogens is 230 g/mol. The summed E-state index contributed by atoms with van der Waals surface area (Å²) in [5.41, 5.74) is 4.05. The molecule has 0 aliphatic carbocycles. The summed E-state index contributed by atoms with van der Waals surface area (Å²) in [6.07, 6.45) is 1.05. The summed E-state index contributed by atoms with van der Waals surface area (Å²) in [5.74, 6) is 1.64. The molecule has 1 N–H and O–H groups in total. The fourth-order valence-electron chi connectivity index (χ4n) is 2.19. The van der Waals surface area contributed by atoms with Crippen molar-refractivity contribution in [3.8, 4) is 5.75 Å². The fourth-order valence-corrected chi connectivity index (χ4v) is 3.33. The molecule has 0 aromatic heterocycles. The molecule has 0 bridgehead atoms. The third kappa shape index (κ3) is 2.04. The minimum absolute atomic E-state index is 0.373. The van der Waals surface area contributed by atoms with Crippen LogP contribution in [0, 0.1) is 5.92 Å². The molecule has 2 heterocycles. The van der Waals surface area contributed by atoms with Gasteiger partial charge in [-0.15, -0.1) is 11.8 Å². The predicted molar refractivity (Wildman–Crippen MR) is 72.0 cm³/mol. The molecule has 1 aromatic rings. The van der Waals surface area contributed by atoms with Crippen molar-refractivity contribution >= 4 is 11.8 Å². The Balaban J connectivity index is 1.78. The van der Waals surface area contributed by atoms with Crippen LogP contribution in [0.15, 0.2) is 29.3 Å². The van der Waals surface area contributed by atoms with Gasteiger partial charge in [0.15, 0.2) is 0 Å². The Morgan fingerprint density at radius 1 is 1.41 bits per heavy atom. The maximum atomic E-state index is 5.54. The molecule has 1 aromatic carbocycles. The summed E-state index contributed by atoms with van der Waals surface area (Å²) in [6, 6.07) is 6.56. The standard InChI is InChI=1S/C14H17NOS/c1-9(2)12-8-17-14(15-12)11-3-4-13-10(7-11)5-6-16-13/h3-4,7-9,14-15H,5-6H2,1-2H3. The van der Waals surface area contributed by atoms with Gasteiger partial charge in [0.1, 0.15) is 11.1 Å². The first-order valence-electron chi connectivity index (χ1n) is 6.12. The second-order valence-electron chi connectivity index (χ2n) is 4.85. The lowest BCUT2D eigenvalue weighted by Crippen LogP contribution is -2.16. The fraction of sp³-hybridized carbons (Fsp3) is 0.429. The Morgan fingerprint density at radius 3 is 3.06 bits per heavy atom. The molecule has 2 nitrogen and oxygen atoms in total. The van der Waals surface area contributed by atoms with Gasteiger partial charge >= 0.3 is 0 Å². The third-order valence-electron chi connectivity index (χ3n) is 3.27. The minimum Gasteiger partial charge on any atom is -0.493 e. The zero-order valence-electron chi connectivity index (χ0n) is 10.2. The second-order valence-corrected chi connectivity index (χ2v) is 5.83. The van der Waals surface area contributed by atoms with Gasteiger partial charge < -0.3 is 10.1 Å². The zero-order valence-corrected chi connectivity index (χ0v) is 11.0. The topological polar surface area (TPSA) is 21.3 Å². The number of ether oxygens (including phenoxy) is 1. The molecule has 3 rings (SSSR count). The SMILES string of the molecule is CC(C)C1=CSC(c2ccc3c(c2)CCO3)N1. The van der Waals surface area contributed by atoms with E-state index in [9.17, 15) is 0 Å². The van der Waals surface area contributed by atoms with Crippen molar-refractivity contribution in [3.63, 3.8) is 0 Å². The number of thioether (sulfide) groups is 1. The molecule has 1 unspecified atom stereocenters. The third-order valence-corrected chi connectivity index (χ3v) is 4.32. The summed E-state index contributed by atoms with van der Waals surface area (Å²) in [6.45, 7) is 5.27. The smallest absolute Gasteiger partial charge is 0.122 e. The Kier molecular flexibility index (Phi) is 2.79. The zero-order chi connectivity index (χ0) is 11.8. The van der Waals surface area contributed by atoms with Crippen LogP contribution in [0.1, 0.15) is 30.3 Å². The molecule has 90 valence electrons. The van der Waals surface area contributed by atoms with Gasteiger partial charge in [-0.3, -0.25) is 0 Å². The summed E-state index contributed by atoms with van der Waals surface area (Å²) < 4.78 is 5.54. The van der Waals surface area contributed by atoms with Crippen molar-refractivity contribution in [2.24, 2.45) is 5.92 Å². The van der Waals surface area contributed by atoms with Crippen LogP contribution in [-0.4, -0.2) is 6.61 Å². The van der Waals surface area contributed by atoms with Crippen LogP contribution in [-0.2, 0) is 6.42 Å². The monoisotopic (exact) mass is 247 g/mol. The molecular formula is C14H17NOS. The van der Waals surface area contributed by atoms with Crippen LogP contribution in [0.2, 0.25) is 0 Å². The van der Waals surface area contributed by atoms with Gasteiger partial charge in [-0.25, -0.2) is 0 Å². The Hall–Kier alpha value is -1.09. The first-order valence-corrected chi connectivity index (χ1v) is 7.06. The first kappa shape index (κ1) is 11.0. The molecule has 2 aliphatic heterocycles. The van der Waals surface area contributed by atoms with E-state index in [1.807, 2.05) is 11.8 Å². The number of rotatable bonds is 2. The average Bonchev–Trinajstić information content (AvgIpc) is 2.97. The van der Waals surface area contributed by atoms with E-state index in [0.29, 0.717) is 11.3 Å². The number of nitrogens with one attached hydrogen (secondary N) is 1. The molecule has 17 heavy (non-hydrogen) atoms. The number of hydrogen-bond donors (Lipinski definition) is 1. The lowest BCUT2D eigenvalue weighted by atomic mass is 10.1. The lowest BCUT2D eigenvalue weighted by Gasteiger charge is -2.15. The molecule has 2 aliphatic rings. The van der Waals surface area contributed by atoms with Crippen molar-refractivity contribution < 1.29 is 4.74 Å². The van der Waals surface area contributed by atoms with Gasteiger partial charge in [0.25, 0.3) is 0 Å². The number of fused-ring (bicyclic) bond motifs is 1. The highest BCUT2D eigenvalue weighted by molar-refractivity contribution is 8.02. The van der Waals surface area contributed by atoms with Crippen molar-refractivity contribution in [2.75, 3.05) is 6.61 Å². The van der Waals surface area contributed by atoms with E-state index in [1.165, 1.54) is 16.8 Å². The van der Waals surface area contributed by atoms with Crippen LogP contribution in [0.4, 0.5) is 0 Å². The highest BCUT2D eigenvalue weighted by Gasteiger charge is 2.22. The number of allylic oxidation sites excluding steroid dienone is 1. The molecule has 0 saturated carbocycles. The first-order chi connectivity index (χ1) is 8.24. The molecule has 1 atom stereocenters. The van der Waals surface area contributed by atoms with E-state index in [4.69, 9.17) is 4.74 Å². The highest BCUT2D eigenvalue weighted by Crippen LogP contribution is 2.38. The Morgan fingerprint density at radius 2 is 2.29 bits per heavy atom. The van der Waals surface area contributed by atoms with Crippen LogP contribution in [0.5, 0.6) is 5.75 Å². The normalized spacial score (nSPS) is 22.1. The van der Waals surface area contributed by atoms with Crippen LogP contribution in [0.25, 0.3) is 0 Å². The predicted octanol–water partition coefficient (Wildman–Crippen LogP) is 3.45. The maximum absolute atomic E-state index is 5.54. The van der Waals surface area contributed by atoms with Gasteiger partial charge in [-0.1, -0.05) is 19.9 Å². The molecule has 0 amide bonds. The average molecular weight is 247 g/mol. The quantitative estimate of drug-likeness (QED) is 0.865. The van der Waals surface area contributed by atoms with Gasteiger partial charge in [-0.2, -0.15) is 0 Å². The molecule has 3 heteroatoms. The second kappa shape index (κ2) is 4.30. The lowest BCUT2D eigenvalue weighted by molar-refractivity contribution is 0.357. The van der Waals surface area contributed by atoms with E-state index >= 15 is 0 Å². The molecule has 0 fully saturated rings. The minimum atomic E-state index is 0.373. The van der Waals surface area contributed by atoms with Crippen molar-refractivity contribution in [1.29, 1.82) is 0 Å². The molecule has 0 saturated heterocycles. The van der Waals surface area contributed by atoms with Crippen molar-refractivity contribution in [3.05, 3.63) is 40.4 Å². The van der Waals surface area contributed by atoms with Crippen LogP contribution in [0.3, 0.4) is 0 Å². The van der Waals surface area contributed by atoms with E-state index in [-0.39, 0.29) is 0 Å². The maximum Gasteiger partial charge on any atom is 0.122 e. The Bertz CT molecular complexity index is 467. The van der Waals surface area contributed by atoms with E-state index in [1.54, 1.807) is 0 Å². The van der Waals surface area contributed by atoms with E-state index in [0.717, 1.165) is 18.8 Å². The Labute approximate surface area is 106 Å². The summed E-state index contributed by atoms with van der Waals surface area (Å²) in [7, 11) is 0. The molecule has 0 radical (unpaired) electrons. The summed E-state index contributed by atoms with van der Waals surface area (Å²) in [5, 5.41) is 6.20. The van der Waals surface area contributed by atoms with Gasteiger partial charge in [0.2, 0.25) is 0 Å². The van der Waals surface area contributed by atoms with Gasteiger partial charge in [0, 0.05) is 12.1 Å². The van der Waals surface area contributed by atoms with Crippen LogP contribution < -0.4 is 10.1 Å². The van der Waals surface area contributed by atoms with Crippen LogP contribution >= 0.6 is 11.8 Å². The largest absolute Gasteiger partial charge is 0.493 e. The van der Waals surface area contributed by atoms with Gasteiger partial charge in [-0.05, 0) is 34.6 Å². The van der Waals surface area contributed by atoms with E-state index < -0.39 is 0 Å². The number of hydrogen-bond acceptors (Lipinski definition) is 3. The van der Waals surface area contributed by atoms with Gasteiger partial charge in [0.05, 0.1) is 6.61 Å². The molecule has 0 spiro atoms. The van der Waals surface area contributed by atoms with Crippen molar-refractivity contribution in [1.82, 2.24) is 5.32 Å². The number of benzene rings is 1. The van der Waals surface area contributed by atoms with Crippen molar-refractivity contribution in [2.45, 2.75) is 25.6 Å². The van der Waals surface area contributed by atoms with E-state index in [2.05, 4.69) is 42.8 Å². The summed E-state index contributed by atoms with van der Waals surface area (Å²) in [4.78, 5) is 0. The highest BCUT2D eigenvalue weighted by atomic mass is 32.2. The summed E-state index contributed by atoms with van der Waals surface area (Å²) >= 11 is 1.86.